The lowest BCUT2D eigenvalue weighted by molar-refractivity contribution is 0.620. The van der Waals surface area contributed by atoms with Crippen molar-refractivity contribution in [3.8, 4) is 0 Å². The van der Waals surface area contributed by atoms with Gasteiger partial charge in [-0.3, -0.25) is 4.99 Å². The molecule has 0 aromatic heterocycles. The van der Waals surface area contributed by atoms with Gasteiger partial charge in [-0.2, -0.15) is 0 Å². The Balaban J connectivity index is 2.08. The Hall–Kier alpha value is -2.09. The van der Waals surface area contributed by atoms with E-state index in [1.807, 2.05) is 36.5 Å². The number of aliphatic imine (C=N–C) groups is 1. The van der Waals surface area contributed by atoms with Crippen LogP contribution in [0.15, 0.2) is 77.1 Å². The quantitative estimate of drug-likeness (QED) is 0.668. The largest absolute Gasteiger partial charge is 0.357 e. The molecule has 0 aromatic rings. The van der Waals surface area contributed by atoms with Gasteiger partial charge in [-0.05, 0) is 35.5 Å². The first kappa shape index (κ1) is 11.4. The fourth-order valence-electron chi connectivity index (χ4n) is 1.55. The monoisotopic (exact) mass is 224 g/mol. The molecular weight excluding hydrogens is 208 g/mol. The number of allylic oxidation sites excluding steroid dienone is 10. The number of hydrogen-bond donors (Lipinski definition) is 0. The van der Waals surface area contributed by atoms with Crippen LogP contribution in [-0.2, 0) is 0 Å². The van der Waals surface area contributed by atoms with Crippen molar-refractivity contribution in [2.75, 3.05) is 14.1 Å². The van der Waals surface area contributed by atoms with E-state index in [0.29, 0.717) is 0 Å². The molecule has 0 bridgehead atoms. The normalized spacial score (nSPS) is 17.8. The first-order chi connectivity index (χ1) is 8.28. The maximum atomic E-state index is 4.11. The molecule has 0 saturated carbocycles. The molecule has 0 aromatic carbocycles. The van der Waals surface area contributed by atoms with Crippen LogP contribution in [-0.4, -0.2) is 24.7 Å². The summed E-state index contributed by atoms with van der Waals surface area (Å²) >= 11 is 0. The van der Waals surface area contributed by atoms with Gasteiger partial charge in [-0.25, -0.2) is 0 Å². The summed E-state index contributed by atoms with van der Waals surface area (Å²) in [6.45, 7) is 0. The van der Waals surface area contributed by atoms with Crippen molar-refractivity contribution in [2.45, 2.75) is 0 Å². The van der Waals surface area contributed by atoms with Crippen LogP contribution in [0.4, 0.5) is 0 Å². The Labute approximate surface area is 102 Å². The topological polar surface area (TPSA) is 15.6 Å². The number of nitrogens with zero attached hydrogens (tertiary/aromatic N) is 2. The van der Waals surface area contributed by atoms with Crippen molar-refractivity contribution in [1.29, 1.82) is 0 Å². The molecule has 1 aliphatic carbocycles. The van der Waals surface area contributed by atoms with Crippen molar-refractivity contribution in [1.82, 2.24) is 4.90 Å². The van der Waals surface area contributed by atoms with Crippen molar-refractivity contribution in [3.05, 3.63) is 72.2 Å². The third kappa shape index (κ3) is 3.18. The van der Waals surface area contributed by atoms with E-state index in [1.54, 1.807) is 7.05 Å². The van der Waals surface area contributed by atoms with E-state index >= 15 is 0 Å². The van der Waals surface area contributed by atoms with E-state index in [1.165, 1.54) is 11.1 Å². The molecule has 0 amide bonds. The van der Waals surface area contributed by atoms with Crippen molar-refractivity contribution in [3.63, 3.8) is 0 Å². The summed E-state index contributed by atoms with van der Waals surface area (Å²) in [5.41, 5.74) is 3.40. The van der Waals surface area contributed by atoms with Crippen molar-refractivity contribution < 1.29 is 0 Å². The molecular formula is C15H16N2. The molecule has 0 spiro atoms. The summed E-state index contributed by atoms with van der Waals surface area (Å²) in [6, 6.07) is 0. The van der Waals surface area contributed by atoms with Gasteiger partial charge < -0.3 is 4.90 Å². The van der Waals surface area contributed by atoms with Gasteiger partial charge in [0.1, 0.15) is 0 Å². The Morgan fingerprint density at radius 2 is 1.41 bits per heavy atom. The summed E-state index contributed by atoms with van der Waals surface area (Å²) in [5.74, 6) is 0. The smallest absolute Gasteiger partial charge is 0.0571 e. The molecule has 0 unspecified atom stereocenters. The Bertz CT molecular complexity index is 463. The van der Waals surface area contributed by atoms with E-state index in [2.05, 4.69) is 41.4 Å². The average molecular weight is 224 g/mol. The Kier molecular flexibility index (Phi) is 3.55. The zero-order chi connectivity index (χ0) is 12.1. The van der Waals surface area contributed by atoms with Crippen LogP contribution in [0.1, 0.15) is 0 Å². The lowest BCUT2D eigenvalue weighted by Gasteiger charge is -2.11. The first-order valence-electron chi connectivity index (χ1n) is 5.61. The minimum atomic E-state index is 1.01. The maximum absolute atomic E-state index is 4.11. The van der Waals surface area contributed by atoms with Gasteiger partial charge in [0, 0.05) is 26.5 Å². The van der Waals surface area contributed by atoms with Gasteiger partial charge in [0.25, 0.3) is 0 Å². The third-order valence-corrected chi connectivity index (χ3v) is 2.62. The zero-order valence-corrected chi connectivity index (χ0v) is 10.2. The highest BCUT2D eigenvalue weighted by Gasteiger charge is 1.96. The molecule has 0 N–H and O–H groups in total. The third-order valence-electron chi connectivity index (χ3n) is 2.62. The van der Waals surface area contributed by atoms with Gasteiger partial charge in [-0.15, -0.1) is 0 Å². The van der Waals surface area contributed by atoms with Crippen LogP contribution in [0.25, 0.3) is 0 Å². The van der Waals surface area contributed by atoms with Crippen LogP contribution in [0.2, 0.25) is 0 Å². The molecule has 17 heavy (non-hydrogen) atoms. The molecule has 2 nitrogen and oxygen atoms in total. The SMILES string of the molecule is CN=C1C=CC(=CC=C2C=CN(C)C=C2)C=C1. The van der Waals surface area contributed by atoms with E-state index in [4.69, 9.17) is 0 Å². The second kappa shape index (κ2) is 5.30. The van der Waals surface area contributed by atoms with Crippen LogP contribution in [0, 0.1) is 0 Å². The molecule has 0 fully saturated rings. The van der Waals surface area contributed by atoms with Gasteiger partial charge >= 0.3 is 0 Å². The second-order valence-electron chi connectivity index (χ2n) is 3.95. The van der Waals surface area contributed by atoms with E-state index in [9.17, 15) is 0 Å². The molecule has 0 atom stereocenters. The average Bonchev–Trinajstić information content (AvgIpc) is 2.39. The summed E-state index contributed by atoms with van der Waals surface area (Å²) in [4.78, 5) is 6.14. The van der Waals surface area contributed by atoms with Gasteiger partial charge in [0.2, 0.25) is 0 Å². The lowest BCUT2D eigenvalue weighted by atomic mass is 10.1. The maximum Gasteiger partial charge on any atom is 0.0571 e. The molecule has 1 aliphatic heterocycles. The predicted octanol–water partition coefficient (Wildman–Crippen LogP) is 3.01. The van der Waals surface area contributed by atoms with Gasteiger partial charge in [-0.1, -0.05) is 24.3 Å². The molecule has 2 rings (SSSR count). The molecule has 1 heterocycles. The van der Waals surface area contributed by atoms with Crippen LogP contribution < -0.4 is 0 Å². The standard InChI is InChI=1S/C15H16N2/c1-16-15-7-5-13(6-8-15)3-4-14-9-11-17(2)12-10-14/h3-12H,1-2H3. The summed E-state index contributed by atoms with van der Waals surface area (Å²) in [6.07, 6.45) is 20.7. The fraction of sp³-hybridized carbons (Fsp3) is 0.133. The molecule has 0 saturated heterocycles. The zero-order valence-electron chi connectivity index (χ0n) is 10.2. The van der Waals surface area contributed by atoms with Gasteiger partial charge in [0.05, 0.1) is 5.71 Å². The van der Waals surface area contributed by atoms with E-state index < -0.39 is 0 Å². The van der Waals surface area contributed by atoms with E-state index in [0.717, 1.165) is 5.71 Å². The van der Waals surface area contributed by atoms with Crippen LogP contribution in [0.3, 0.4) is 0 Å². The molecule has 86 valence electrons. The molecule has 2 aliphatic rings. The summed E-state index contributed by atoms with van der Waals surface area (Å²) < 4.78 is 0. The number of rotatable bonds is 1. The van der Waals surface area contributed by atoms with Gasteiger partial charge in [0.15, 0.2) is 0 Å². The molecule has 2 heteroatoms. The predicted molar refractivity (Wildman–Crippen MR) is 73.8 cm³/mol. The summed E-state index contributed by atoms with van der Waals surface area (Å²) in [7, 11) is 3.81. The number of hydrogen-bond acceptors (Lipinski definition) is 2. The van der Waals surface area contributed by atoms with Crippen LogP contribution in [0.5, 0.6) is 0 Å². The highest BCUT2D eigenvalue weighted by atomic mass is 15.0. The first-order valence-corrected chi connectivity index (χ1v) is 5.61. The Morgan fingerprint density at radius 1 is 0.882 bits per heavy atom. The highest BCUT2D eigenvalue weighted by Crippen LogP contribution is 2.11. The summed E-state index contributed by atoms with van der Waals surface area (Å²) in [5, 5.41) is 0. The Morgan fingerprint density at radius 3 is 1.94 bits per heavy atom. The minimum absolute atomic E-state index is 1.01. The minimum Gasteiger partial charge on any atom is -0.357 e. The molecule has 0 radical (unpaired) electrons. The van der Waals surface area contributed by atoms with Crippen molar-refractivity contribution in [2.24, 2.45) is 4.99 Å². The van der Waals surface area contributed by atoms with E-state index in [-0.39, 0.29) is 0 Å². The van der Waals surface area contributed by atoms with Crippen molar-refractivity contribution >= 4 is 5.71 Å². The fourth-order valence-corrected chi connectivity index (χ4v) is 1.55. The lowest BCUT2D eigenvalue weighted by Crippen LogP contribution is -2.02. The second-order valence-corrected chi connectivity index (χ2v) is 3.95. The van der Waals surface area contributed by atoms with Crippen LogP contribution >= 0.6 is 0 Å². The highest BCUT2D eigenvalue weighted by molar-refractivity contribution is 6.05.